The first-order valence-electron chi connectivity index (χ1n) is 12.0. The number of nitrogens with two attached hydrogens (primary N) is 1. The topological polar surface area (TPSA) is 95.8 Å². The van der Waals surface area contributed by atoms with Crippen LogP contribution in [0, 0.1) is 0 Å². The number of piperazine rings is 1. The van der Waals surface area contributed by atoms with E-state index in [2.05, 4.69) is 42.8 Å². The van der Waals surface area contributed by atoms with E-state index in [-0.39, 0.29) is 11.4 Å². The lowest BCUT2D eigenvalue weighted by atomic mass is 9.80. The van der Waals surface area contributed by atoms with Crippen LogP contribution in [0.2, 0.25) is 0 Å². The largest absolute Gasteiger partial charge is 0.368 e. The van der Waals surface area contributed by atoms with Gasteiger partial charge in [0.25, 0.3) is 0 Å². The van der Waals surface area contributed by atoms with E-state index in [0.29, 0.717) is 5.95 Å². The number of anilines is 3. The number of hydrogen-bond acceptors (Lipinski definition) is 7. The molecule has 1 amide bonds. The number of rotatable bonds is 3. The molecule has 2 aliphatic heterocycles. The van der Waals surface area contributed by atoms with Crippen molar-refractivity contribution in [1.82, 2.24) is 24.4 Å². The van der Waals surface area contributed by atoms with Gasteiger partial charge in [-0.05, 0) is 38.1 Å². The van der Waals surface area contributed by atoms with Crippen molar-refractivity contribution in [1.29, 1.82) is 0 Å². The number of primary amides is 1. The van der Waals surface area contributed by atoms with Crippen molar-refractivity contribution in [2.45, 2.75) is 37.6 Å². The third kappa shape index (κ3) is 3.65. The molecule has 3 aromatic rings. The highest BCUT2D eigenvalue weighted by Gasteiger charge is 2.44. The van der Waals surface area contributed by atoms with Crippen LogP contribution in [-0.2, 0) is 5.54 Å². The minimum atomic E-state index is -0.0305. The summed E-state index contributed by atoms with van der Waals surface area (Å²) in [7, 11) is 2.16. The van der Waals surface area contributed by atoms with Crippen LogP contribution in [0.1, 0.15) is 42.6 Å². The number of nitrogens with one attached hydrogen (secondary N) is 1. The molecule has 9 heteroatoms. The van der Waals surface area contributed by atoms with Gasteiger partial charge in [0.15, 0.2) is 0 Å². The fraction of sp³-hybridized carbons (Fsp3) is 0.500. The van der Waals surface area contributed by atoms with Gasteiger partial charge in [0, 0.05) is 37.8 Å². The molecule has 2 fully saturated rings. The van der Waals surface area contributed by atoms with E-state index in [9.17, 15) is 4.79 Å². The summed E-state index contributed by atoms with van der Waals surface area (Å²) in [5.74, 6) is 1.32. The van der Waals surface area contributed by atoms with Gasteiger partial charge in [-0.2, -0.15) is 4.98 Å². The summed E-state index contributed by atoms with van der Waals surface area (Å²) in [5, 5.41) is 6.06. The SMILES string of the molecule is CN1CCN(c2ccc(Nc3ncc4cc5n(c4n3)C3(CCCCC3)C[NH2+]C5=O)nc2)CC1. The van der Waals surface area contributed by atoms with E-state index >= 15 is 0 Å². The first-order chi connectivity index (χ1) is 16.1. The summed E-state index contributed by atoms with van der Waals surface area (Å²) in [4.78, 5) is 31.4. The van der Waals surface area contributed by atoms with Gasteiger partial charge in [0.1, 0.15) is 23.7 Å². The third-order valence-corrected chi connectivity index (χ3v) is 7.58. The number of pyridine rings is 1. The second-order valence-corrected chi connectivity index (χ2v) is 9.71. The summed E-state index contributed by atoms with van der Waals surface area (Å²) in [6.45, 7) is 4.96. The van der Waals surface area contributed by atoms with Crippen molar-refractivity contribution in [3.8, 4) is 0 Å². The molecule has 9 nitrogen and oxygen atoms in total. The Bertz CT molecular complexity index is 1170. The fourth-order valence-electron chi connectivity index (χ4n) is 5.65. The Balaban J connectivity index is 1.29. The number of nitrogens with zero attached hydrogens (tertiary/aromatic N) is 6. The Morgan fingerprint density at radius 2 is 1.85 bits per heavy atom. The maximum atomic E-state index is 12.7. The number of fused-ring (bicyclic) bond motifs is 4. The van der Waals surface area contributed by atoms with Crippen LogP contribution < -0.4 is 15.5 Å². The maximum absolute atomic E-state index is 12.7. The second-order valence-electron chi connectivity index (χ2n) is 9.71. The standard InChI is InChI=1S/C24H30N8O/c1-30-9-11-31(12-10-30)18-5-6-20(25-15-18)28-23-26-14-17-13-19-22(33)27-16-24(7-3-2-4-8-24)32(19)21(17)29-23/h5-6,13-15H,2-4,7-12,16H2,1H3,(H,27,33)(H,25,26,28,29)/p+1. The maximum Gasteiger partial charge on any atom is 0.359 e. The van der Waals surface area contributed by atoms with E-state index < -0.39 is 0 Å². The summed E-state index contributed by atoms with van der Waals surface area (Å²) in [5.41, 5.74) is 2.70. The highest BCUT2D eigenvalue weighted by Crippen LogP contribution is 2.39. The van der Waals surface area contributed by atoms with Gasteiger partial charge < -0.3 is 19.7 Å². The summed E-state index contributed by atoms with van der Waals surface area (Å²) in [6.07, 6.45) is 9.57. The Kier molecular flexibility index (Phi) is 5.03. The van der Waals surface area contributed by atoms with Crippen molar-refractivity contribution in [3.05, 3.63) is 36.3 Å². The highest BCUT2D eigenvalue weighted by atomic mass is 16.2. The van der Waals surface area contributed by atoms with Crippen molar-refractivity contribution in [2.75, 3.05) is 50.0 Å². The molecule has 33 heavy (non-hydrogen) atoms. The molecule has 0 atom stereocenters. The molecule has 3 N–H and O–H groups in total. The zero-order valence-electron chi connectivity index (χ0n) is 19.1. The number of quaternary nitrogens is 1. The normalized spacial score (nSPS) is 20.9. The molecule has 172 valence electrons. The Morgan fingerprint density at radius 1 is 1.03 bits per heavy atom. The Hall–Kier alpha value is -3.04. The highest BCUT2D eigenvalue weighted by molar-refractivity contribution is 5.93. The molecule has 1 spiro atoms. The lowest BCUT2D eigenvalue weighted by Gasteiger charge is -2.40. The first kappa shape index (κ1) is 20.6. The predicted molar refractivity (Wildman–Crippen MR) is 127 cm³/mol. The van der Waals surface area contributed by atoms with Gasteiger partial charge in [-0.1, -0.05) is 19.3 Å². The molecule has 1 saturated carbocycles. The van der Waals surface area contributed by atoms with Gasteiger partial charge in [-0.15, -0.1) is 0 Å². The molecular formula is C24H31N8O+. The summed E-state index contributed by atoms with van der Waals surface area (Å²) >= 11 is 0. The number of hydrogen-bond donors (Lipinski definition) is 2. The number of amides is 1. The molecule has 0 unspecified atom stereocenters. The zero-order chi connectivity index (χ0) is 22.4. The van der Waals surface area contributed by atoms with Crippen LogP contribution in [0.5, 0.6) is 0 Å². The summed E-state index contributed by atoms with van der Waals surface area (Å²) < 4.78 is 2.22. The minimum Gasteiger partial charge on any atom is -0.368 e. The minimum absolute atomic E-state index is 0.0305. The van der Waals surface area contributed by atoms with Crippen LogP contribution >= 0.6 is 0 Å². The zero-order valence-corrected chi connectivity index (χ0v) is 19.1. The number of carbonyl (C=O) groups is 1. The third-order valence-electron chi connectivity index (χ3n) is 7.58. The van der Waals surface area contributed by atoms with E-state index in [4.69, 9.17) is 4.98 Å². The smallest absolute Gasteiger partial charge is 0.359 e. The monoisotopic (exact) mass is 447 g/mol. The second kappa shape index (κ2) is 8.07. The average Bonchev–Trinajstić information content (AvgIpc) is 3.24. The lowest BCUT2D eigenvalue weighted by Crippen LogP contribution is -2.94. The molecular weight excluding hydrogens is 416 g/mol. The molecule has 5 heterocycles. The lowest BCUT2D eigenvalue weighted by molar-refractivity contribution is -0.574. The Morgan fingerprint density at radius 3 is 2.61 bits per heavy atom. The van der Waals surface area contributed by atoms with E-state index in [1.54, 1.807) is 0 Å². The van der Waals surface area contributed by atoms with Gasteiger partial charge in [0.2, 0.25) is 5.95 Å². The van der Waals surface area contributed by atoms with E-state index in [1.807, 2.05) is 29.8 Å². The van der Waals surface area contributed by atoms with Crippen molar-refractivity contribution >= 4 is 34.4 Å². The van der Waals surface area contributed by atoms with Crippen LogP contribution in [-0.4, -0.2) is 70.1 Å². The molecule has 1 saturated heterocycles. The van der Waals surface area contributed by atoms with Crippen LogP contribution in [0.25, 0.3) is 11.0 Å². The van der Waals surface area contributed by atoms with Crippen LogP contribution in [0.15, 0.2) is 30.6 Å². The van der Waals surface area contributed by atoms with E-state index in [1.165, 1.54) is 19.3 Å². The van der Waals surface area contributed by atoms with Crippen LogP contribution in [0.4, 0.5) is 17.5 Å². The molecule has 6 rings (SSSR count). The average molecular weight is 448 g/mol. The van der Waals surface area contributed by atoms with Crippen LogP contribution in [0.3, 0.4) is 0 Å². The van der Waals surface area contributed by atoms with E-state index in [0.717, 1.165) is 73.8 Å². The van der Waals surface area contributed by atoms with Crippen molar-refractivity contribution < 1.29 is 10.1 Å². The van der Waals surface area contributed by atoms with Crippen molar-refractivity contribution in [2.24, 2.45) is 0 Å². The Labute approximate surface area is 193 Å². The number of carbonyl (C=O) groups excluding carboxylic acids is 1. The molecule has 0 bridgehead atoms. The van der Waals surface area contributed by atoms with Gasteiger partial charge >= 0.3 is 5.91 Å². The molecule has 3 aliphatic rings. The predicted octanol–water partition coefficient (Wildman–Crippen LogP) is 1.70. The fourth-order valence-corrected chi connectivity index (χ4v) is 5.65. The van der Waals surface area contributed by atoms with Crippen molar-refractivity contribution in [3.63, 3.8) is 0 Å². The molecule has 1 aliphatic carbocycles. The summed E-state index contributed by atoms with van der Waals surface area (Å²) in [6, 6.07) is 6.04. The van der Waals surface area contributed by atoms with Gasteiger partial charge in [0.05, 0.1) is 17.4 Å². The number of aromatic nitrogens is 4. The first-order valence-corrected chi connectivity index (χ1v) is 12.0. The molecule has 0 radical (unpaired) electrons. The molecule has 0 aromatic carbocycles. The molecule has 3 aromatic heterocycles. The number of likely N-dealkylation sites (N-methyl/N-ethyl adjacent to an activating group) is 1. The van der Waals surface area contributed by atoms with Gasteiger partial charge in [-0.25, -0.2) is 14.8 Å². The quantitative estimate of drug-likeness (QED) is 0.631. The van der Waals surface area contributed by atoms with Gasteiger partial charge in [-0.3, -0.25) is 5.32 Å².